The number of fused-ring (bicyclic) bond motifs is 2. The number of esters is 2. The first-order valence-electron chi connectivity index (χ1n) is 20.6. The molecular weight excluding hydrogens is 761 g/mol. The summed E-state index contributed by atoms with van der Waals surface area (Å²) in [4.78, 5) is 71.2. The molecule has 0 aromatic heterocycles. The summed E-state index contributed by atoms with van der Waals surface area (Å²) in [6, 6.07) is 27.5. The van der Waals surface area contributed by atoms with E-state index in [1.165, 1.54) is 12.7 Å². The standard InChI is InChI=1S/C48H56N4O8/c1-31(49-28-43(53)60-48(2,3)4)44(54)50-40(26-32-20-24-38(25-21-32)59-30-33-18-22-35(23-19-33)47(57)58-6)45(55)52-29-37-14-8-7-13-36(37)27-42(52)46(56)51(5)41-17-11-15-34-12-9-10-16-39(34)41/h7-10,12-14,16,18-25,31,40-42,49H,11,15,17,26-30H2,1-6H3,(H,50,54)/t31-,40-,41+,42-/m0/s1. The molecule has 316 valence electrons. The van der Waals surface area contributed by atoms with Gasteiger partial charge in [0.25, 0.3) is 0 Å². The Balaban J connectivity index is 1.23. The first-order chi connectivity index (χ1) is 28.7. The predicted octanol–water partition coefficient (Wildman–Crippen LogP) is 5.89. The van der Waals surface area contributed by atoms with E-state index < -0.39 is 41.6 Å². The number of carbonyl (C=O) groups is 5. The van der Waals surface area contributed by atoms with Gasteiger partial charge in [0.1, 0.15) is 30.0 Å². The lowest BCUT2D eigenvalue weighted by atomic mass is 9.86. The second-order valence-corrected chi connectivity index (χ2v) is 16.6. The van der Waals surface area contributed by atoms with Crippen molar-refractivity contribution in [3.05, 3.63) is 136 Å². The van der Waals surface area contributed by atoms with Gasteiger partial charge in [0, 0.05) is 26.4 Å². The van der Waals surface area contributed by atoms with Gasteiger partial charge < -0.3 is 29.3 Å². The van der Waals surface area contributed by atoms with E-state index in [1.54, 1.807) is 73.9 Å². The van der Waals surface area contributed by atoms with Crippen LogP contribution in [0, 0.1) is 0 Å². The Morgan fingerprint density at radius 2 is 1.50 bits per heavy atom. The Labute approximate surface area is 352 Å². The normalized spacial score (nSPS) is 16.9. The van der Waals surface area contributed by atoms with E-state index in [4.69, 9.17) is 14.2 Å². The second kappa shape index (κ2) is 19.4. The number of hydrogen-bond donors (Lipinski definition) is 2. The molecule has 1 heterocycles. The van der Waals surface area contributed by atoms with Gasteiger partial charge in [-0.05, 0) is 105 Å². The molecule has 1 aliphatic carbocycles. The van der Waals surface area contributed by atoms with Gasteiger partial charge in [-0.2, -0.15) is 0 Å². The number of carbonyl (C=O) groups excluding carboxylic acids is 5. The number of rotatable bonds is 14. The van der Waals surface area contributed by atoms with Crippen LogP contribution < -0.4 is 15.4 Å². The molecule has 2 N–H and O–H groups in total. The van der Waals surface area contributed by atoms with Crippen LogP contribution in [0.2, 0.25) is 0 Å². The van der Waals surface area contributed by atoms with E-state index in [0.717, 1.165) is 47.1 Å². The summed E-state index contributed by atoms with van der Waals surface area (Å²) in [6.07, 6.45) is 3.21. The zero-order valence-corrected chi connectivity index (χ0v) is 35.4. The molecule has 6 rings (SSSR count). The van der Waals surface area contributed by atoms with Gasteiger partial charge in [0.15, 0.2) is 0 Å². The number of hydrogen-bond acceptors (Lipinski definition) is 9. The van der Waals surface area contributed by atoms with Crippen molar-refractivity contribution in [2.24, 2.45) is 0 Å². The van der Waals surface area contributed by atoms with Crippen LogP contribution in [0.4, 0.5) is 0 Å². The topological polar surface area (TPSA) is 144 Å². The molecule has 0 saturated carbocycles. The Kier molecular flexibility index (Phi) is 14.1. The summed E-state index contributed by atoms with van der Waals surface area (Å²) in [5.74, 6) is -1.35. The van der Waals surface area contributed by atoms with E-state index >= 15 is 4.79 Å². The molecule has 0 saturated heterocycles. The molecule has 12 heteroatoms. The van der Waals surface area contributed by atoms with E-state index in [0.29, 0.717) is 17.7 Å². The van der Waals surface area contributed by atoms with Crippen LogP contribution in [0.5, 0.6) is 5.75 Å². The molecule has 1 aliphatic heterocycles. The summed E-state index contributed by atoms with van der Waals surface area (Å²) in [5, 5.41) is 5.89. The number of nitrogens with zero attached hydrogens (tertiary/aromatic N) is 2. The number of likely N-dealkylation sites (N-methyl/N-ethyl adjacent to an activating group) is 1. The van der Waals surface area contributed by atoms with Crippen molar-refractivity contribution >= 4 is 29.7 Å². The highest BCUT2D eigenvalue weighted by Gasteiger charge is 2.41. The van der Waals surface area contributed by atoms with Gasteiger partial charge in [0.2, 0.25) is 17.7 Å². The van der Waals surface area contributed by atoms with Crippen LogP contribution in [0.1, 0.15) is 90.3 Å². The van der Waals surface area contributed by atoms with Crippen LogP contribution in [0.25, 0.3) is 0 Å². The summed E-state index contributed by atoms with van der Waals surface area (Å²) in [7, 11) is 3.17. The van der Waals surface area contributed by atoms with E-state index in [-0.39, 0.29) is 44.0 Å². The van der Waals surface area contributed by atoms with E-state index in [1.807, 2.05) is 55.6 Å². The third kappa shape index (κ3) is 11.0. The zero-order chi connectivity index (χ0) is 43.0. The third-order valence-electron chi connectivity index (χ3n) is 11.1. The van der Waals surface area contributed by atoms with E-state index in [9.17, 15) is 19.2 Å². The molecule has 0 unspecified atom stereocenters. The molecule has 3 amide bonds. The largest absolute Gasteiger partial charge is 0.489 e. The molecule has 4 aromatic carbocycles. The summed E-state index contributed by atoms with van der Waals surface area (Å²) in [6.45, 7) is 7.20. The number of amides is 3. The number of benzene rings is 4. The smallest absolute Gasteiger partial charge is 0.337 e. The molecule has 60 heavy (non-hydrogen) atoms. The molecule has 12 nitrogen and oxygen atoms in total. The Morgan fingerprint density at radius 3 is 2.18 bits per heavy atom. The van der Waals surface area contributed by atoms with Crippen molar-refractivity contribution in [3.8, 4) is 5.75 Å². The maximum absolute atomic E-state index is 15.0. The van der Waals surface area contributed by atoms with Gasteiger partial charge >= 0.3 is 11.9 Å². The molecule has 0 spiro atoms. The predicted molar refractivity (Wildman–Crippen MR) is 227 cm³/mol. The van der Waals surface area contributed by atoms with Crippen LogP contribution in [0.15, 0.2) is 97.1 Å². The van der Waals surface area contributed by atoms with Crippen molar-refractivity contribution in [2.75, 3.05) is 20.7 Å². The first kappa shape index (κ1) is 43.6. The van der Waals surface area contributed by atoms with Gasteiger partial charge in [-0.3, -0.25) is 24.5 Å². The number of methoxy groups -OCH3 is 1. The lowest BCUT2D eigenvalue weighted by Crippen LogP contribution is -2.60. The fourth-order valence-corrected chi connectivity index (χ4v) is 7.88. The minimum atomic E-state index is -1.05. The SMILES string of the molecule is COC(=O)c1ccc(COc2ccc(C[C@H](NC(=O)[C@H](C)NCC(=O)OC(C)(C)C)C(=O)N3Cc4ccccc4C[C@H]3C(=O)N(C)[C@@H]3CCCc4ccccc43)cc2)cc1. The third-order valence-corrected chi connectivity index (χ3v) is 11.1. The Hall–Kier alpha value is -6.01. The van der Waals surface area contributed by atoms with Crippen LogP contribution in [-0.2, 0) is 61.1 Å². The number of nitrogens with one attached hydrogen (secondary N) is 2. The highest BCUT2D eigenvalue weighted by Crippen LogP contribution is 2.35. The maximum Gasteiger partial charge on any atom is 0.337 e. The summed E-state index contributed by atoms with van der Waals surface area (Å²) in [5.41, 5.74) is 5.70. The Morgan fingerprint density at radius 1 is 0.850 bits per heavy atom. The van der Waals surface area contributed by atoms with Crippen LogP contribution >= 0.6 is 0 Å². The minimum absolute atomic E-state index is 0.121. The van der Waals surface area contributed by atoms with Gasteiger partial charge in [-0.25, -0.2) is 4.79 Å². The molecule has 0 fully saturated rings. The van der Waals surface area contributed by atoms with Gasteiger partial charge in [-0.1, -0.05) is 72.8 Å². The summed E-state index contributed by atoms with van der Waals surface area (Å²) >= 11 is 0. The summed E-state index contributed by atoms with van der Waals surface area (Å²) < 4.78 is 16.2. The monoisotopic (exact) mass is 816 g/mol. The zero-order valence-electron chi connectivity index (χ0n) is 35.4. The number of aryl methyl sites for hydroxylation is 1. The lowest BCUT2D eigenvalue weighted by molar-refractivity contribution is -0.153. The van der Waals surface area contributed by atoms with Crippen molar-refractivity contribution in [1.82, 2.24) is 20.4 Å². The molecule has 4 atom stereocenters. The lowest BCUT2D eigenvalue weighted by Gasteiger charge is -2.42. The Bertz CT molecular complexity index is 2160. The fourth-order valence-electron chi connectivity index (χ4n) is 7.88. The van der Waals surface area contributed by atoms with Gasteiger partial charge in [0.05, 0.1) is 31.3 Å². The molecular formula is C48H56N4O8. The highest BCUT2D eigenvalue weighted by molar-refractivity contribution is 5.94. The second-order valence-electron chi connectivity index (χ2n) is 16.6. The van der Waals surface area contributed by atoms with Gasteiger partial charge in [-0.15, -0.1) is 0 Å². The molecule has 0 radical (unpaired) electrons. The molecule has 4 aromatic rings. The van der Waals surface area contributed by atoms with Crippen LogP contribution in [-0.4, -0.2) is 83.9 Å². The minimum Gasteiger partial charge on any atom is -0.489 e. The van der Waals surface area contributed by atoms with Crippen molar-refractivity contribution in [2.45, 2.75) is 103 Å². The maximum atomic E-state index is 15.0. The number of ether oxygens (including phenoxy) is 3. The highest BCUT2D eigenvalue weighted by atomic mass is 16.6. The quantitative estimate of drug-likeness (QED) is 0.149. The van der Waals surface area contributed by atoms with Crippen molar-refractivity contribution in [3.63, 3.8) is 0 Å². The van der Waals surface area contributed by atoms with Crippen molar-refractivity contribution in [1.29, 1.82) is 0 Å². The van der Waals surface area contributed by atoms with Crippen LogP contribution in [0.3, 0.4) is 0 Å². The average Bonchev–Trinajstić information content (AvgIpc) is 3.25. The molecule has 0 bridgehead atoms. The fraction of sp³-hybridized carbons (Fsp3) is 0.396. The van der Waals surface area contributed by atoms with Crippen molar-refractivity contribution < 1.29 is 38.2 Å². The molecule has 2 aliphatic rings. The average molecular weight is 817 g/mol. The van der Waals surface area contributed by atoms with E-state index in [2.05, 4.69) is 22.8 Å². The first-order valence-corrected chi connectivity index (χ1v) is 20.6.